The molecule has 0 radical (unpaired) electrons. The van der Waals surface area contributed by atoms with Crippen molar-refractivity contribution in [1.82, 2.24) is 10.3 Å². The van der Waals surface area contributed by atoms with Gasteiger partial charge in [0.05, 0.1) is 0 Å². The van der Waals surface area contributed by atoms with Gasteiger partial charge in [0.2, 0.25) is 0 Å². The number of halogens is 1. The molecule has 5 heteroatoms. The lowest BCUT2D eigenvalue weighted by molar-refractivity contribution is 0.0930. The number of anilines is 1. The second kappa shape index (κ2) is 7.06. The third-order valence-corrected chi connectivity index (χ3v) is 2.32. The van der Waals surface area contributed by atoms with Crippen molar-refractivity contribution in [2.45, 2.75) is 32.7 Å². The number of nitrogens with zero attached hydrogens (tertiary/aromatic N) is 1. The number of amides is 1. The SMILES string of the molecule is CCC(CC)NC(=O)c1cccc(N)n1.Cl. The summed E-state index contributed by atoms with van der Waals surface area (Å²) in [6, 6.07) is 5.26. The van der Waals surface area contributed by atoms with Crippen LogP contribution in [0.3, 0.4) is 0 Å². The summed E-state index contributed by atoms with van der Waals surface area (Å²) < 4.78 is 0. The fraction of sp³-hybridized carbons (Fsp3) is 0.455. The first-order valence-electron chi connectivity index (χ1n) is 5.20. The second-order valence-corrected chi connectivity index (χ2v) is 3.43. The van der Waals surface area contributed by atoms with Gasteiger partial charge in [0.25, 0.3) is 5.91 Å². The quantitative estimate of drug-likeness (QED) is 0.850. The van der Waals surface area contributed by atoms with Gasteiger partial charge in [-0.15, -0.1) is 12.4 Å². The normalized spacial score (nSPS) is 9.69. The summed E-state index contributed by atoms with van der Waals surface area (Å²) in [5, 5.41) is 2.90. The number of rotatable bonds is 4. The molecule has 1 aromatic rings. The molecule has 16 heavy (non-hydrogen) atoms. The van der Waals surface area contributed by atoms with Gasteiger partial charge >= 0.3 is 0 Å². The van der Waals surface area contributed by atoms with Crippen molar-refractivity contribution in [3.63, 3.8) is 0 Å². The molecule has 0 aliphatic rings. The number of pyridine rings is 1. The fourth-order valence-electron chi connectivity index (χ4n) is 1.33. The molecule has 0 aliphatic heterocycles. The van der Waals surface area contributed by atoms with Crippen LogP contribution in [0.1, 0.15) is 37.2 Å². The summed E-state index contributed by atoms with van der Waals surface area (Å²) in [5.41, 5.74) is 5.88. The Morgan fingerprint density at radius 2 is 2.06 bits per heavy atom. The molecule has 0 aromatic carbocycles. The van der Waals surface area contributed by atoms with Gasteiger partial charge in [0.15, 0.2) is 0 Å². The Morgan fingerprint density at radius 3 is 2.56 bits per heavy atom. The highest BCUT2D eigenvalue weighted by molar-refractivity contribution is 5.92. The Labute approximate surface area is 102 Å². The van der Waals surface area contributed by atoms with Crippen LogP contribution in [-0.2, 0) is 0 Å². The predicted molar refractivity (Wildman–Crippen MR) is 67.7 cm³/mol. The zero-order valence-corrected chi connectivity index (χ0v) is 10.4. The van der Waals surface area contributed by atoms with Gasteiger partial charge in [-0.05, 0) is 25.0 Å². The average Bonchev–Trinajstić information content (AvgIpc) is 2.25. The van der Waals surface area contributed by atoms with Crippen LogP contribution in [0.5, 0.6) is 0 Å². The topological polar surface area (TPSA) is 68.0 Å². The molecular formula is C11H18ClN3O. The van der Waals surface area contributed by atoms with E-state index in [-0.39, 0.29) is 24.4 Å². The minimum atomic E-state index is -0.156. The van der Waals surface area contributed by atoms with Gasteiger partial charge in [-0.3, -0.25) is 4.79 Å². The van der Waals surface area contributed by atoms with Crippen molar-refractivity contribution >= 4 is 24.1 Å². The zero-order valence-electron chi connectivity index (χ0n) is 9.56. The number of carbonyl (C=O) groups excluding carboxylic acids is 1. The largest absolute Gasteiger partial charge is 0.384 e. The molecule has 0 bridgehead atoms. The summed E-state index contributed by atoms with van der Waals surface area (Å²) >= 11 is 0. The van der Waals surface area contributed by atoms with Gasteiger partial charge in [-0.2, -0.15) is 0 Å². The number of nitrogens with one attached hydrogen (secondary N) is 1. The average molecular weight is 244 g/mol. The Morgan fingerprint density at radius 1 is 1.44 bits per heavy atom. The highest BCUT2D eigenvalue weighted by Gasteiger charge is 2.11. The maximum absolute atomic E-state index is 11.7. The molecule has 0 saturated heterocycles. The lowest BCUT2D eigenvalue weighted by Crippen LogP contribution is -2.34. The van der Waals surface area contributed by atoms with Crippen LogP contribution in [0, 0.1) is 0 Å². The second-order valence-electron chi connectivity index (χ2n) is 3.43. The number of nitrogens with two attached hydrogens (primary N) is 1. The van der Waals surface area contributed by atoms with E-state index >= 15 is 0 Å². The van der Waals surface area contributed by atoms with Crippen molar-refractivity contribution in [2.75, 3.05) is 5.73 Å². The lowest BCUT2D eigenvalue weighted by atomic mass is 10.1. The summed E-state index contributed by atoms with van der Waals surface area (Å²) in [4.78, 5) is 15.7. The first-order valence-corrected chi connectivity index (χ1v) is 5.20. The van der Waals surface area contributed by atoms with Crippen LogP contribution >= 0.6 is 12.4 Å². The van der Waals surface area contributed by atoms with Crippen molar-refractivity contribution < 1.29 is 4.79 Å². The number of hydrogen-bond donors (Lipinski definition) is 2. The minimum absolute atomic E-state index is 0. The van der Waals surface area contributed by atoms with E-state index in [1.807, 2.05) is 13.8 Å². The Hall–Kier alpha value is -1.29. The summed E-state index contributed by atoms with van der Waals surface area (Å²) in [6.45, 7) is 4.09. The van der Waals surface area contributed by atoms with Crippen LogP contribution < -0.4 is 11.1 Å². The van der Waals surface area contributed by atoms with E-state index in [1.165, 1.54) is 0 Å². The highest BCUT2D eigenvalue weighted by atomic mass is 35.5. The molecule has 0 fully saturated rings. The third-order valence-electron chi connectivity index (χ3n) is 2.32. The van der Waals surface area contributed by atoms with Gasteiger partial charge in [0, 0.05) is 6.04 Å². The zero-order chi connectivity index (χ0) is 11.3. The Balaban J connectivity index is 0.00000225. The summed E-state index contributed by atoms with van der Waals surface area (Å²) in [5.74, 6) is 0.211. The smallest absolute Gasteiger partial charge is 0.270 e. The van der Waals surface area contributed by atoms with E-state index in [0.717, 1.165) is 12.8 Å². The molecule has 90 valence electrons. The summed E-state index contributed by atoms with van der Waals surface area (Å²) in [7, 11) is 0. The molecule has 0 spiro atoms. The minimum Gasteiger partial charge on any atom is -0.384 e. The molecule has 1 heterocycles. The van der Waals surface area contributed by atoms with Crippen LogP contribution in [0.2, 0.25) is 0 Å². The third kappa shape index (κ3) is 4.06. The van der Waals surface area contributed by atoms with Crippen molar-refractivity contribution in [3.8, 4) is 0 Å². The molecule has 0 saturated carbocycles. The molecule has 0 unspecified atom stereocenters. The van der Waals surface area contributed by atoms with Crippen molar-refractivity contribution in [3.05, 3.63) is 23.9 Å². The van der Waals surface area contributed by atoms with E-state index in [0.29, 0.717) is 11.5 Å². The molecule has 1 amide bonds. The predicted octanol–water partition coefficient (Wildman–Crippen LogP) is 2.00. The van der Waals surface area contributed by atoms with Gasteiger partial charge in [-0.25, -0.2) is 4.98 Å². The fourth-order valence-corrected chi connectivity index (χ4v) is 1.33. The van der Waals surface area contributed by atoms with Crippen LogP contribution in [0.25, 0.3) is 0 Å². The monoisotopic (exact) mass is 243 g/mol. The van der Waals surface area contributed by atoms with Crippen LogP contribution in [-0.4, -0.2) is 16.9 Å². The summed E-state index contributed by atoms with van der Waals surface area (Å²) in [6.07, 6.45) is 1.84. The van der Waals surface area contributed by atoms with Crippen LogP contribution in [0.15, 0.2) is 18.2 Å². The Kier molecular flexibility index (Phi) is 6.49. The van der Waals surface area contributed by atoms with Gasteiger partial charge < -0.3 is 11.1 Å². The number of aromatic nitrogens is 1. The molecule has 1 aromatic heterocycles. The standard InChI is InChI=1S/C11H17N3O.ClH/c1-3-8(4-2)13-11(15)9-6-5-7-10(12)14-9;/h5-8H,3-4H2,1-2H3,(H2,12,14)(H,13,15);1H. The molecular weight excluding hydrogens is 226 g/mol. The van der Waals surface area contributed by atoms with Gasteiger partial charge in [-0.1, -0.05) is 19.9 Å². The number of nitrogen functional groups attached to an aromatic ring is 1. The van der Waals surface area contributed by atoms with E-state index < -0.39 is 0 Å². The first-order chi connectivity index (χ1) is 7.17. The first kappa shape index (κ1) is 14.7. The van der Waals surface area contributed by atoms with E-state index in [2.05, 4.69) is 10.3 Å². The Bertz CT molecular complexity index is 340. The van der Waals surface area contributed by atoms with E-state index in [9.17, 15) is 4.79 Å². The molecule has 0 aliphatic carbocycles. The molecule has 4 nitrogen and oxygen atoms in total. The maximum atomic E-state index is 11.7. The highest BCUT2D eigenvalue weighted by Crippen LogP contribution is 2.02. The molecule has 3 N–H and O–H groups in total. The van der Waals surface area contributed by atoms with E-state index in [1.54, 1.807) is 18.2 Å². The van der Waals surface area contributed by atoms with E-state index in [4.69, 9.17) is 5.73 Å². The number of carbonyl (C=O) groups is 1. The van der Waals surface area contributed by atoms with Crippen LogP contribution in [0.4, 0.5) is 5.82 Å². The number of hydrogen-bond acceptors (Lipinski definition) is 3. The van der Waals surface area contributed by atoms with Crippen molar-refractivity contribution in [2.24, 2.45) is 0 Å². The van der Waals surface area contributed by atoms with Gasteiger partial charge in [0.1, 0.15) is 11.5 Å². The molecule has 1 rings (SSSR count). The molecule has 0 atom stereocenters. The lowest BCUT2D eigenvalue weighted by Gasteiger charge is -2.14. The maximum Gasteiger partial charge on any atom is 0.270 e. The van der Waals surface area contributed by atoms with Crippen molar-refractivity contribution in [1.29, 1.82) is 0 Å².